The van der Waals surface area contributed by atoms with Crippen molar-refractivity contribution in [2.45, 2.75) is 39.5 Å². The lowest BCUT2D eigenvalue weighted by Crippen LogP contribution is -2.15. The summed E-state index contributed by atoms with van der Waals surface area (Å²) in [6.45, 7) is 9.30. The molecule has 136 valence electrons. The Morgan fingerprint density at radius 2 is 1.69 bits per heavy atom. The highest BCUT2D eigenvalue weighted by molar-refractivity contribution is 7.92. The van der Waals surface area contributed by atoms with Crippen LogP contribution in [0.2, 0.25) is 0 Å². The molecule has 3 rings (SSSR count). The smallest absolute Gasteiger partial charge is 0.262 e. The van der Waals surface area contributed by atoms with Crippen LogP contribution in [0.25, 0.3) is 11.1 Å². The van der Waals surface area contributed by atoms with E-state index in [2.05, 4.69) is 9.88 Å². The van der Waals surface area contributed by atoms with Crippen LogP contribution in [0.4, 0.5) is 5.69 Å². The van der Waals surface area contributed by atoms with Gasteiger partial charge in [-0.3, -0.25) is 4.72 Å². The average molecular weight is 370 g/mol. The molecular weight excluding hydrogens is 348 g/mol. The van der Waals surface area contributed by atoms with Crippen LogP contribution in [-0.4, -0.2) is 13.6 Å². The third kappa shape index (κ3) is 3.24. The van der Waals surface area contributed by atoms with E-state index in [0.717, 1.165) is 27.9 Å². The van der Waals surface area contributed by atoms with Gasteiger partial charge >= 0.3 is 0 Å². The molecule has 0 spiro atoms. The quantitative estimate of drug-likeness (QED) is 0.723. The van der Waals surface area contributed by atoms with Gasteiger partial charge in [-0.15, -0.1) is 0 Å². The lowest BCUT2D eigenvalue weighted by atomic mass is 10.0. The molecular formula is C20H22N2O3S. The zero-order valence-electron chi connectivity index (χ0n) is 15.5. The molecule has 0 unspecified atom stereocenters. The van der Waals surface area contributed by atoms with E-state index in [1.54, 1.807) is 25.1 Å². The topological polar surface area (TPSA) is 72.2 Å². The van der Waals surface area contributed by atoms with Crippen molar-refractivity contribution in [2.24, 2.45) is 0 Å². The Labute approximate surface area is 154 Å². The molecule has 0 amide bonds. The van der Waals surface area contributed by atoms with Crippen molar-refractivity contribution in [1.82, 2.24) is 5.16 Å². The molecule has 26 heavy (non-hydrogen) atoms. The maximum Gasteiger partial charge on any atom is 0.262 e. The van der Waals surface area contributed by atoms with Gasteiger partial charge in [-0.25, -0.2) is 8.42 Å². The van der Waals surface area contributed by atoms with Crippen LogP contribution in [0, 0.1) is 34.6 Å². The molecule has 0 saturated heterocycles. The molecule has 0 fully saturated rings. The Morgan fingerprint density at radius 3 is 2.35 bits per heavy atom. The van der Waals surface area contributed by atoms with Gasteiger partial charge in [0.25, 0.3) is 10.0 Å². The lowest BCUT2D eigenvalue weighted by Gasteiger charge is -2.14. The van der Waals surface area contributed by atoms with Crippen molar-refractivity contribution < 1.29 is 12.9 Å². The number of hydrogen-bond donors (Lipinski definition) is 1. The Balaban J connectivity index is 2.08. The van der Waals surface area contributed by atoms with E-state index >= 15 is 0 Å². The Kier molecular flexibility index (Phi) is 4.63. The molecule has 0 bridgehead atoms. The Hall–Kier alpha value is -2.60. The van der Waals surface area contributed by atoms with Crippen LogP contribution in [0.5, 0.6) is 0 Å². The molecule has 6 heteroatoms. The van der Waals surface area contributed by atoms with Gasteiger partial charge in [0.15, 0.2) is 0 Å². The minimum atomic E-state index is -3.72. The summed E-state index contributed by atoms with van der Waals surface area (Å²) in [7, 11) is -3.72. The fourth-order valence-corrected chi connectivity index (χ4v) is 4.40. The summed E-state index contributed by atoms with van der Waals surface area (Å²) in [5.74, 6) is 0.664. The second-order valence-electron chi connectivity index (χ2n) is 6.53. The van der Waals surface area contributed by atoms with Crippen LogP contribution >= 0.6 is 0 Å². The summed E-state index contributed by atoms with van der Waals surface area (Å²) in [4.78, 5) is 0.246. The normalized spacial score (nSPS) is 11.6. The fraction of sp³-hybridized carbons (Fsp3) is 0.250. The molecule has 5 nitrogen and oxygen atoms in total. The first kappa shape index (κ1) is 18.2. The van der Waals surface area contributed by atoms with Gasteiger partial charge < -0.3 is 4.52 Å². The highest BCUT2D eigenvalue weighted by atomic mass is 32.2. The molecule has 0 aliphatic rings. The van der Waals surface area contributed by atoms with Crippen molar-refractivity contribution in [3.05, 3.63) is 64.5 Å². The largest absolute Gasteiger partial charge is 0.361 e. The zero-order chi connectivity index (χ0) is 19.1. The predicted molar refractivity (Wildman–Crippen MR) is 103 cm³/mol. The maximum absolute atomic E-state index is 13.0. The first-order valence-electron chi connectivity index (χ1n) is 8.33. The van der Waals surface area contributed by atoms with E-state index < -0.39 is 10.0 Å². The molecule has 1 heterocycles. The van der Waals surface area contributed by atoms with Crippen molar-refractivity contribution in [3.63, 3.8) is 0 Å². The average Bonchev–Trinajstić information content (AvgIpc) is 2.91. The standard InChI is InChI=1S/C20H22N2O3S/c1-12-7-6-8-18(14(12)3)22-26(23,24)19-11-17(10-9-13(19)2)20-15(4)21-25-16(20)5/h6-11,22H,1-5H3. The van der Waals surface area contributed by atoms with Gasteiger partial charge in [0.1, 0.15) is 5.76 Å². The second kappa shape index (κ2) is 6.61. The number of nitrogens with one attached hydrogen (secondary N) is 1. The van der Waals surface area contributed by atoms with Gasteiger partial charge in [0.2, 0.25) is 0 Å². The molecule has 0 atom stereocenters. The summed E-state index contributed by atoms with van der Waals surface area (Å²) < 4.78 is 34.0. The van der Waals surface area contributed by atoms with Crippen molar-refractivity contribution in [1.29, 1.82) is 0 Å². The number of nitrogens with zero attached hydrogens (tertiary/aromatic N) is 1. The van der Waals surface area contributed by atoms with Gasteiger partial charge in [0.05, 0.1) is 16.3 Å². The number of aryl methyl sites for hydroxylation is 4. The maximum atomic E-state index is 13.0. The predicted octanol–water partition coefficient (Wildman–Crippen LogP) is 4.68. The summed E-state index contributed by atoms with van der Waals surface area (Å²) >= 11 is 0. The summed E-state index contributed by atoms with van der Waals surface area (Å²) in [5, 5.41) is 3.96. The van der Waals surface area contributed by atoms with Crippen LogP contribution < -0.4 is 4.72 Å². The number of aromatic nitrogens is 1. The van der Waals surface area contributed by atoms with E-state index in [-0.39, 0.29) is 4.90 Å². The minimum absolute atomic E-state index is 0.246. The highest BCUT2D eigenvalue weighted by Gasteiger charge is 2.21. The van der Waals surface area contributed by atoms with E-state index in [9.17, 15) is 8.42 Å². The third-order valence-electron chi connectivity index (χ3n) is 4.65. The molecule has 3 aromatic rings. The van der Waals surface area contributed by atoms with E-state index in [1.165, 1.54) is 0 Å². The summed E-state index contributed by atoms with van der Waals surface area (Å²) in [6.07, 6.45) is 0. The number of sulfonamides is 1. The van der Waals surface area contributed by atoms with E-state index in [4.69, 9.17) is 4.52 Å². The van der Waals surface area contributed by atoms with Gasteiger partial charge in [-0.05, 0) is 69.0 Å². The first-order valence-corrected chi connectivity index (χ1v) is 9.82. The van der Waals surface area contributed by atoms with Crippen molar-refractivity contribution in [2.75, 3.05) is 4.72 Å². The van der Waals surface area contributed by atoms with Crippen molar-refractivity contribution >= 4 is 15.7 Å². The third-order valence-corrected chi connectivity index (χ3v) is 6.16. The Bertz CT molecular complexity index is 1060. The van der Waals surface area contributed by atoms with E-state index in [1.807, 2.05) is 45.9 Å². The van der Waals surface area contributed by atoms with Gasteiger partial charge in [-0.1, -0.05) is 29.4 Å². The van der Waals surface area contributed by atoms with Gasteiger partial charge in [0, 0.05) is 5.56 Å². The van der Waals surface area contributed by atoms with Crippen LogP contribution in [0.1, 0.15) is 28.1 Å². The minimum Gasteiger partial charge on any atom is -0.361 e. The second-order valence-corrected chi connectivity index (χ2v) is 8.18. The molecule has 0 radical (unpaired) electrons. The fourth-order valence-electron chi connectivity index (χ4n) is 3.00. The van der Waals surface area contributed by atoms with Crippen LogP contribution in [0.15, 0.2) is 45.8 Å². The molecule has 1 aromatic heterocycles. The number of anilines is 1. The first-order chi connectivity index (χ1) is 12.2. The Morgan fingerprint density at radius 1 is 0.962 bits per heavy atom. The molecule has 0 aliphatic heterocycles. The summed E-state index contributed by atoms with van der Waals surface area (Å²) in [5.41, 5.74) is 5.55. The van der Waals surface area contributed by atoms with Crippen LogP contribution in [0.3, 0.4) is 0 Å². The van der Waals surface area contributed by atoms with Crippen LogP contribution in [-0.2, 0) is 10.0 Å². The number of benzene rings is 2. The monoisotopic (exact) mass is 370 g/mol. The summed E-state index contributed by atoms with van der Waals surface area (Å²) in [6, 6.07) is 10.9. The molecule has 1 N–H and O–H groups in total. The van der Waals surface area contributed by atoms with Gasteiger partial charge in [-0.2, -0.15) is 0 Å². The highest BCUT2D eigenvalue weighted by Crippen LogP contribution is 2.31. The zero-order valence-corrected chi connectivity index (χ0v) is 16.4. The number of rotatable bonds is 4. The van der Waals surface area contributed by atoms with Crippen molar-refractivity contribution in [3.8, 4) is 11.1 Å². The number of hydrogen-bond acceptors (Lipinski definition) is 4. The van der Waals surface area contributed by atoms with E-state index in [0.29, 0.717) is 17.0 Å². The molecule has 0 saturated carbocycles. The lowest BCUT2D eigenvalue weighted by molar-refractivity contribution is 0.393. The molecule has 2 aromatic carbocycles. The molecule has 0 aliphatic carbocycles. The SMILES string of the molecule is Cc1ccc(-c2c(C)noc2C)cc1S(=O)(=O)Nc1cccc(C)c1C.